The number of hydrogen-bond donors (Lipinski definition) is 0. The van der Waals surface area contributed by atoms with E-state index in [0.717, 1.165) is 18.0 Å². The van der Waals surface area contributed by atoms with Crippen molar-refractivity contribution in [2.24, 2.45) is 13.0 Å². The second-order valence-corrected chi connectivity index (χ2v) is 5.64. The molecule has 18 heavy (non-hydrogen) atoms. The van der Waals surface area contributed by atoms with Crippen LogP contribution in [0, 0.1) is 5.92 Å². The molecule has 1 fully saturated rings. The first-order valence-electron chi connectivity index (χ1n) is 6.84. The highest BCUT2D eigenvalue weighted by molar-refractivity contribution is 5.75. The third-order valence-corrected chi connectivity index (χ3v) is 4.07. The average molecular weight is 243 g/mol. The Bertz CT molecular complexity index is 536. The van der Waals surface area contributed by atoms with Crippen LogP contribution in [0.3, 0.4) is 0 Å². The normalized spacial score (nSPS) is 18.6. The molecule has 0 aliphatic carbocycles. The molecular formula is C15H21N3. The summed E-state index contributed by atoms with van der Waals surface area (Å²) in [6.45, 7) is 5.92. The molecule has 1 saturated heterocycles. The zero-order valence-corrected chi connectivity index (χ0v) is 11.3. The van der Waals surface area contributed by atoms with E-state index in [4.69, 9.17) is 0 Å². The number of hydrogen-bond acceptors (Lipinski definition) is 2. The summed E-state index contributed by atoms with van der Waals surface area (Å²) in [4.78, 5) is 6.93. The van der Waals surface area contributed by atoms with Gasteiger partial charge in [-0.2, -0.15) is 0 Å². The van der Waals surface area contributed by atoms with Crippen LogP contribution in [0.4, 0.5) is 0 Å². The molecule has 1 aromatic carbocycles. The molecule has 1 aliphatic rings. The SMILES string of the molecule is CC1CCN(Cc2ccc3ncn(C)c3c2)CC1. The van der Waals surface area contributed by atoms with Gasteiger partial charge in [-0.15, -0.1) is 0 Å². The molecule has 1 aliphatic heterocycles. The van der Waals surface area contributed by atoms with Gasteiger partial charge in [0.2, 0.25) is 0 Å². The molecular weight excluding hydrogens is 222 g/mol. The van der Waals surface area contributed by atoms with Gasteiger partial charge >= 0.3 is 0 Å². The van der Waals surface area contributed by atoms with Gasteiger partial charge in [-0.05, 0) is 49.5 Å². The molecule has 1 aromatic heterocycles. The Morgan fingerprint density at radius 1 is 1.28 bits per heavy atom. The Labute approximate surface area is 108 Å². The van der Waals surface area contributed by atoms with E-state index in [0.29, 0.717) is 0 Å². The fourth-order valence-electron chi connectivity index (χ4n) is 2.75. The molecule has 0 unspecified atom stereocenters. The van der Waals surface area contributed by atoms with E-state index in [-0.39, 0.29) is 0 Å². The van der Waals surface area contributed by atoms with Gasteiger partial charge in [-0.1, -0.05) is 13.0 Å². The first-order chi connectivity index (χ1) is 8.72. The highest BCUT2D eigenvalue weighted by Crippen LogP contribution is 2.20. The predicted molar refractivity (Wildman–Crippen MR) is 74.4 cm³/mol. The summed E-state index contributed by atoms with van der Waals surface area (Å²) in [5.74, 6) is 0.904. The largest absolute Gasteiger partial charge is 0.334 e. The summed E-state index contributed by atoms with van der Waals surface area (Å²) in [6.07, 6.45) is 4.57. The van der Waals surface area contributed by atoms with Gasteiger partial charge < -0.3 is 4.57 Å². The molecule has 96 valence electrons. The third kappa shape index (κ3) is 2.27. The van der Waals surface area contributed by atoms with Crippen LogP contribution in [0.15, 0.2) is 24.5 Å². The lowest BCUT2D eigenvalue weighted by molar-refractivity contribution is 0.185. The van der Waals surface area contributed by atoms with Gasteiger partial charge in [-0.25, -0.2) is 4.98 Å². The molecule has 0 bridgehead atoms. The molecule has 3 rings (SSSR count). The molecule has 3 heteroatoms. The van der Waals surface area contributed by atoms with Crippen LogP contribution < -0.4 is 0 Å². The van der Waals surface area contributed by atoms with Crippen molar-refractivity contribution in [2.75, 3.05) is 13.1 Å². The number of aryl methyl sites for hydroxylation is 1. The summed E-state index contributed by atoms with van der Waals surface area (Å²) < 4.78 is 2.09. The highest BCUT2D eigenvalue weighted by Gasteiger charge is 2.15. The third-order valence-electron chi connectivity index (χ3n) is 4.07. The fourth-order valence-corrected chi connectivity index (χ4v) is 2.75. The van der Waals surface area contributed by atoms with Crippen LogP contribution in [0.25, 0.3) is 11.0 Å². The van der Waals surface area contributed by atoms with Crippen LogP contribution in [-0.4, -0.2) is 27.5 Å². The second-order valence-electron chi connectivity index (χ2n) is 5.64. The Hall–Kier alpha value is -1.35. The number of imidazole rings is 1. The number of nitrogens with zero attached hydrogens (tertiary/aromatic N) is 3. The second kappa shape index (κ2) is 4.73. The van der Waals surface area contributed by atoms with E-state index in [1.165, 1.54) is 37.0 Å². The lowest BCUT2D eigenvalue weighted by Gasteiger charge is -2.30. The van der Waals surface area contributed by atoms with E-state index >= 15 is 0 Å². The fraction of sp³-hybridized carbons (Fsp3) is 0.533. The predicted octanol–water partition coefficient (Wildman–Crippen LogP) is 2.81. The van der Waals surface area contributed by atoms with Gasteiger partial charge in [0.05, 0.1) is 17.4 Å². The Morgan fingerprint density at radius 3 is 2.83 bits per heavy atom. The van der Waals surface area contributed by atoms with E-state index in [1.54, 1.807) is 0 Å². The van der Waals surface area contributed by atoms with Gasteiger partial charge in [-0.3, -0.25) is 4.90 Å². The van der Waals surface area contributed by atoms with Gasteiger partial charge in [0.1, 0.15) is 0 Å². The number of rotatable bonds is 2. The van der Waals surface area contributed by atoms with Crippen molar-refractivity contribution in [1.82, 2.24) is 14.5 Å². The topological polar surface area (TPSA) is 21.1 Å². The Balaban J connectivity index is 1.76. The van der Waals surface area contributed by atoms with Crippen molar-refractivity contribution in [3.63, 3.8) is 0 Å². The Kier molecular flexibility index (Phi) is 3.08. The van der Waals surface area contributed by atoms with E-state index in [9.17, 15) is 0 Å². The van der Waals surface area contributed by atoms with Crippen molar-refractivity contribution in [3.05, 3.63) is 30.1 Å². The molecule has 0 spiro atoms. The molecule has 2 heterocycles. The molecule has 0 saturated carbocycles. The highest BCUT2D eigenvalue weighted by atomic mass is 15.1. The van der Waals surface area contributed by atoms with Crippen molar-refractivity contribution in [2.45, 2.75) is 26.3 Å². The molecule has 0 radical (unpaired) electrons. The summed E-state index contributed by atoms with van der Waals surface area (Å²) in [6, 6.07) is 6.63. The maximum Gasteiger partial charge on any atom is 0.0955 e. The monoisotopic (exact) mass is 243 g/mol. The van der Waals surface area contributed by atoms with E-state index in [1.807, 2.05) is 6.33 Å². The standard InChI is InChI=1S/C15H21N3/c1-12-5-7-18(8-6-12)10-13-3-4-14-15(9-13)17(2)11-16-14/h3-4,9,11-12H,5-8,10H2,1-2H3. The Morgan fingerprint density at radius 2 is 2.06 bits per heavy atom. The van der Waals surface area contributed by atoms with E-state index in [2.05, 4.69) is 46.6 Å². The first-order valence-corrected chi connectivity index (χ1v) is 6.84. The molecule has 0 amide bonds. The number of likely N-dealkylation sites (tertiary alicyclic amines) is 1. The van der Waals surface area contributed by atoms with Crippen molar-refractivity contribution >= 4 is 11.0 Å². The van der Waals surface area contributed by atoms with E-state index < -0.39 is 0 Å². The summed E-state index contributed by atoms with van der Waals surface area (Å²) >= 11 is 0. The van der Waals surface area contributed by atoms with Crippen LogP contribution in [0.1, 0.15) is 25.3 Å². The summed E-state index contributed by atoms with van der Waals surface area (Å²) in [5, 5.41) is 0. The van der Waals surface area contributed by atoms with Crippen molar-refractivity contribution in [3.8, 4) is 0 Å². The van der Waals surface area contributed by atoms with Crippen LogP contribution in [-0.2, 0) is 13.6 Å². The van der Waals surface area contributed by atoms with Crippen LogP contribution in [0.5, 0.6) is 0 Å². The smallest absolute Gasteiger partial charge is 0.0955 e. The number of fused-ring (bicyclic) bond motifs is 1. The summed E-state index contributed by atoms with van der Waals surface area (Å²) in [7, 11) is 2.06. The molecule has 3 nitrogen and oxygen atoms in total. The zero-order chi connectivity index (χ0) is 12.5. The minimum atomic E-state index is 0.904. The van der Waals surface area contributed by atoms with Gasteiger partial charge in [0, 0.05) is 13.6 Å². The maximum atomic E-state index is 4.37. The van der Waals surface area contributed by atoms with Crippen molar-refractivity contribution in [1.29, 1.82) is 0 Å². The number of benzene rings is 1. The number of piperidine rings is 1. The lowest BCUT2D eigenvalue weighted by Crippen LogP contribution is -2.32. The first kappa shape index (κ1) is 11.7. The van der Waals surface area contributed by atoms with Gasteiger partial charge in [0.25, 0.3) is 0 Å². The maximum absolute atomic E-state index is 4.37. The van der Waals surface area contributed by atoms with Gasteiger partial charge in [0.15, 0.2) is 0 Å². The summed E-state index contributed by atoms with van der Waals surface area (Å²) in [5.41, 5.74) is 3.73. The molecule has 0 atom stereocenters. The number of aromatic nitrogens is 2. The average Bonchev–Trinajstić information content (AvgIpc) is 2.74. The molecule has 2 aromatic rings. The van der Waals surface area contributed by atoms with Crippen LogP contribution >= 0.6 is 0 Å². The van der Waals surface area contributed by atoms with Crippen LogP contribution in [0.2, 0.25) is 0 Å². The minimum absolute atomic E-state index is 0.904. The quantitative estimate of drug-likeness (QED) is 0.808. The lowest BCUT2D eigenvalue weighted by atomic mass is 9.99. The zero-order valence-electron chi connectivity index (χ0n) is 11.3. The molecule has 0 N–H and O–H groups in total. The minimum Gasteiger partial charge on any atom is -0.334 e. The van der Waals surface area contributed by atoms with Crippen molar-refractivity contribution < 1.29 is 0 Å².